The van der Waals surface area contributed by atoms with Crippen LogP contribution in [-0.4, -0.2) is 16.6 Å². The van der Waals surface area contributed by atoms with Crippen LogP contribution >= 0.6 is 0 Å². The topological polar surface area (TPSA) is 35.0 Å². The predicted octanol–water partition coefficient (Wildman–Crippen LogP) is 6.80. The van der Waals surface area contributed by atoms with Gasteiger partial charge in [0, 0.05) is 22.5 Å². The molecule has 2 aromatic heterocycles. The first-order chi connectivity index (χ1) is 13.8. The van der Waals surface area contributed by atoms with Gasteiger partial charge in [0.05, 0.1) is 23.3 Å². The van der Waals surface area contributed by atoms with Crippen LogP contribution in [0, 0.1) is 0 Å². The monoisotopic (exact) mass is 370 g/mol. The lowest BCUT2D eigenvalue weighted by Gasteiger charge is -2.08. The average Bonchev–Trinajstić information content (AvgIpc) is 2.76. The van der Waals surface area contributed by atoms with Crippen LogP contribution in [-0.2, 0) is 0 Å². The second-order valence-corrected chi connectivity index (χ2v) is 7.20. The van der Waals surface area contributed by atoms with Gasteiger partial charge in [-0.1, -0.05) is 56.9 Å². The molecule has 3 heteroatoms. The molecule has 0 bridgehead atoms. The van der Waals surface area contributed by atoms with E-state index < -0.39 is 0 Å². The molecule has 0 aliphatic heterocycles. The summed E-state index contributed by atoms with van der Waals surface area (Å²) in [5.41, 5.74) is 3.94. The highest BCUT2D eigenvalue weighted by Gasteiger charge is 2.06. The fraction of sp³-hybridized carbons (Fsp3) is 0.280. The Bertz CT molecular complexity index is 1060. The Kier molecular flexibility index (Phi) is 5.81. The van der Waals surface area contributed by atoms with Gasteiger partial charge < -0.3 is 4.74 Å². The van der Waals surface area contributed by atoms with Crippen molar-refractivity contribution in [1.29, 1.82) is 0 Å². The number of rotatable bonds is 8. The zero-order valence-electron chi connectivity index (χ0n) is 16.4. The molecule has 0 spiro atoms. The fourth-order valence-corrected chi connectivity index (χ4v) is 3.50. The normalized spacial score (nSPS) is 11.2. The Hall–Kier alpha value is -2.94. The highest BCUT2D eigenvalue weighted by molar-refractivity contribution is 6.03. The van der Waals surface area contributed by atoms with Gasteiger partial charge in [0.2, 0.25) is 0 Å². The molecule has 0 fully saturated rings. The Labute approximate surface area is 166 Å². The van der Waals surface area contributed by atoms with Crippen LogP contribution in [0.4, 0.5) is 0 Å². The van der Waals surface area contributed by atoms with Crippen molar-refractivity contribution in [2.24, 2.45) is 0 Å². The van der Waals surface area contributed by atoms with Crippen molar-refractivity contribution in [1.82, 2.24) is 9.97 Å². The third-order valence-electron chi connectivity index (χ3n) is 5.10. The third-order valence-corrected chi connectivity index (χ3v) is 5.10. The molecule has 0 aliphatic rings. The van der Waals surface area contributed by atoms with E-state index in [0.29, 0.717) is 0 Å². The smallest absolute Gasteiger partial charge is 0.119 e. The maximum atomic E-state index is 5.87. The van der Waals surface area contributed by atoms with Gasteiger partial charge in [0.1, 0.15) is 5.75 Å². The van der Waals surface area contributed by atoms with E-state index in [2.05, 4.69) is 54.4 Å². The number of nitrogens with zero attached hydrogens (tertiary/aromatic N) is 2. The molecule has 0 saturated heterocycles. The van der Waals surface area contributed by atoms with Crippen molar-refractivity contribution in [3.05, 3.63) is 66.9 Å². The largest absolute Gasteiger partial charge is 0.494 e. The second-order valence-electron chi connectivity index (χ2n) is 7.20. The molecular formula is C25H26N2O. The number of hydrogen-bond acceptors (Lipinski definition) is 3. The van der Waals surface area contributed by atoms with Gasteiger partial charge in [0.15, 0.2) is 0 Å². The lowest BCUT2D eigenvalue weighted by Crippen LogP contribution is -1.97. The average molecular weight is 370 g/mol. The number of unbranched alkanes of at least 4 members (excludes halogenated alkanes) is 4. The van der Waals surface area contributed by atoms with Gasteiger partial charge in [-0.15, -0.1) is 0 Å². The molecule has 0 unspecified atom stereocenters. The van der Waals surface area contributed by atoms with E-state index >= 15 is 0 Å². The molecule has 2 aromatic carbocycles. The minimum Gasteiger partial charge on any atom is -0.494 e. The summed E-state index contributed by atoms with van der Waals surface area (Å²) in [6, 6.07) is 20.7. The van der Waals surface area contributed by atoms with Gasteiger partial charge in [-0.05, 0) is 42.8 Å². The van der Waals surface area contributed by atoms with Crippen molar-refractivity contribution in [2.45, 2.75) is 39.0 Å². The molecule has 3 nitrogen and oxygen atoms in total. The summed E-state index contributed by atoms with van der Waals surface area (Å²) in [7, 11) is 0. The van der Waals surface area contributed by atoms with Gasteiger partial charge in [-0.25, -0.2) is 4.98 Å². The summed E-state index contributed by atoms with van der Waals surface area (Å²) < 4.78 is 5.87. The van der Waals surface area contributed by atoms with E-state index in [4.69, 9.17) is 9.72 Å². The lowest BCUT2D eigenvalue weighted by atomic mass is 10.1. The van der Waals surface area contributed by atoms with Crippen LogP contribution in [0.1, 0.15) is 39.0 Å². The molecular weight excluding hydrogens is 344 g/mol. The van der Waals surface area contributed by atoms with E-state index in [0.717, 1.165) is 51.8 Å². The molecule has 28 heavy (non-hydrogen) atoms. The molecule has 4 rings (SSSR count). The Balaban J connectivity index is 1.49. The maximum Gasteiger partial charge on any atom is 0.119 e. The quantitative estimate of drug-likeness (QED) is 0.253. The van der Waals surface area contributed by atoms with Crippen molar-refractivity contribution in [2.75, 3.05) is 6.61 Å². The van der Waals surface area contributed by atoms with E-state index in [1.54, 1.807) is 0 Å². The number of aromatic nitrogens is 2. The number of pyridine rings is 2. The highest BCUT2D eigenvalue weighted by Crippen LogP contribution is 2.27. The standard InChI is InChI=1S/C25H26N2O/c1-2-3-4-5-6-18-28-22-14-11-19(12-15-22)23-16-13-21-10-9-20-8-7-17-26-24(20)25(21)27-23/h7-17H,2-6,18H2,1H3. The summed E-state index contributed by atoms with van der Waals surface area (Å²) in [4.78, 5) is 9.44. The van der Waals surface area contributed by atoms with Crippen LogP contribution in [0.2, 0.25) is 0 Å². The Morgan fingerprint density at radius 3 is 2.32 bits per heavy atom. The minimum absolute atomic E-state index is 0.787. The van der Waals surface area contributed by atoms with Crippen LogP contribution < -0.4 is 4.74 Å². The summed E-state index contributed by atoms with van der Waals surface area (Å²) in [6.07, 6.45) is 8.08. The third kappa shape index (κ3) is 4.14. The molecule has 0 aliphatic carbocycles. The number of ether oxygens (including phenoxy) is 1. The first kappa shape index (κ1) is 18.4. The van der Waals surface area contributed by atoms with Crippen molar-refractivity contribution >= 4 is 21.8 Å². The first-order valence-corrected chi connectivity index (χ1v) is 10.2. The van der Waals surface area contributed by atoms with E-state index in [1.807, 2.05) is 24.4 Å². The Morgan fingerprint density at radius 1 is 0.750 bits per heavy atom. The van der Waals surface area contributed by atoms with Gasteiger partial charge in [0.25, 0.3) is 0 Å². The van der Waals surface area contributed by atoms with Crippen molar-refractivity contribution in [3.8, 4) is 17.0 Å². The second kappa shape index (κ2) is 8.83. The zero-order valence-corrected chi connectivity index (χ0v) is 16.4. The number of benzene rings is 2. The van der Waals surface area contributed by atoms with Crippen molar-refractivity contribution < 1.29 is 4.74 Å². The van der Waals surface area contributed by atoms with Crippen LogP contribution in [0.25, 0.3) is 33.1 Å². The molecule has 0 saturated carbocycles. The molecule has 2 heterocycles. The van der Waals surface area contributed by atoms with E-state index in [-0.39, 0.29) is 0 Å². The van der Waals surface area contributed by atoms with Crippen LogP contribution in [0.3, 0.4) is 0 Å². The predicted molar refractivity (Wildman–Crippen MR) is 117 cm³/mol. The molecule has 0 amide bonds. The highest BCUT2D eigenvalue weighted by atomic mass is 16.5. The van der Waals surface area contributed by atoms with Gasteiger partial charge >= 0.3 is 0 Å². The van der Waals surface area contributed by atoms with Gasteiger partial charge in [-0.3, -0.25) is 4.98 Å². The summed E-state index contributed by atoms with van der Waals surface area (Å²) in [6.45, 7) is 3.02. The maximum absolute atomic E-state index is 5.87. The molecule has 0 atom stereocenters. The van der Waals surface area contributed by atoms with Crippen LogP contribution in [0.5, 0.6) is 5.75 Å². The summed E-state index contributed by atoms with van der Waals surface area (Å²) in [5.74, 6) is 0.923. The number of fused-ring (bicyclic) bond motifs is 3. The van der Waals surface area contributed by atoms with Crippen LogP contribution in [0.15, 0.2) is 66.9 Å². The zero-order chi connectivity index (χ0) is 19.2. The SMILES string of the molecule is CCCCCCCOc1ccc(-c2ccc3ccc4cccnc4c3n2)cc1. The summed E-state index contributed by atoms with van der Waals surface area (Å²) in [5, 5.41) is 2.22. The first-order valence-electron chi connectivity index (χ1n) is 10.2. The fourth-order valence-electron chi connectivity index (χ4n) is 3.50. The summed E-state index contributed by atoms with van der Waals surface area (Å²) >= 11 is 0. The molecule has 0 radical (unpaired) electrons. The van der Waals surface area contributed by atoms with Crippen molar-refractivity contribution in [3.63, 3.8) is 0 Å². The number of hydrogen-bond donors (Lipinski definition) is 0. The molecule has 4 aromatic rings. The minimum atomic E-state index is 0.787. The molecule has 0 N–H and O–H groups in total. The molecule has 142 valence electrons. The van der Waals surface area contributed by atoms with E-state index in [9.17, 15) is 0 Å². The Morgan fingerprint density at radius 2 is 1.50 bits per heavy atom. The van der Waals surface area contributed by atoms with Gasteiger partial charge in [-0.2, -0.15) is 0 Å². The lowest BCUT2D eigenvalue weighted by molar-refractivity contribution is 0.304. The van der Waals surface area contributed by atoms with E-state index in [1.165, 1.54) is 25.7 Å².